The molecule has 0 fully saturated rings. The zero-order chi connectivity index (χ0) is 16.8. The van der Waals surface area contributed by atoms with Crippen LogP contribution in [0, 0.1) is 21.4 Å². The number of carbonyl (C=O) groups excluding carboxylic acids is 1. The van der Waals surface area contributed by atoms with E-state index in [0.29, 0.717) is 11.3 Å². The number of anilines is 1. The highest BCUT2D eigenvalue weighted by Crippen LogP contribution is 2.26. The van der Waals surface area contributed by atoms with Crippen molar-refractivity contribution >= 4 is 29.0 Å². The van der Waals surface area contributed by atoms with Crippen LogP contribution in [0.15, 0.2) is 53.4 Å². The molecule has 23 heavy (non-hydrogen) atoms. The van der Waals surface area contributed by atoms with Crippen molar-refractivity contribution in [2.45, 2.75) is 17.1 Å². The van der Waals surface area contributed by atoms with E-state index in [-0.39, 0.29) is 16.8 Å². The van der Waals surface area contributed by atoms with Gasteiger partial charge in [0.05, 0.1) is 21.8 Å². The third-order valence-corrected chi connectivity index (χ3v) is 4.10. The van der Waals surface area contributed by atoms with Crippen LogP contribution in [0.5, 0.6) is 0 Å². The fourth-order valence-corrected chi connectivity index (χ4v) is 2.68. The standard InChI is InChI=1S/C16H13N3O3S/c1-11(23-15-7-5-14(6-8-15)19(21)22)16(20)18-13-4-2-3-12(9-13)10-17/h2-9,11H,1H3,(H,18,20). The van der Waals surface area contributed by atoms with Crippen LogP contribution in [-0.2, 0) is 4.79 Å². The van der Waals surface area contributed by atoms with Crippen molar-refractivity contribution in [3.8, 4) is 6.07 Å². The highest BCUT2D eigenvalue weighted by atomic mass is 32.2. The maximum atomic E-state index is 12.2. The number of carbonyl (C=O) groups is 1. The summed E-state index contributed by atoms with van der Waals surface area (Å²) < 4.78 is 0. The second-order valence-corrected chi connectivity index (χ2v) is 6.11. The van der Waals surface area contributed by atoms with Gasteiger partial charge in [-0.05, 0) is 37.3 Å². The van der Waals surface area contributed by atoms with Crippen LogP contribution >= 0.6 is 11.8 Å². The van der Waals surface area contributed by atoms with E-state index in [1.165, 1.54) is 23.9 Å². The molecule has 6 nitrogen and oxygen atoms in total. The van der Waals surface area contributed by atoms with Crippen molar-refractivity contribution in [2.24, 2.45) is 0 Å². The monoisotopic (exact) mass is 327 g/mol. The van der Waals surface area contributed by atoms with Crippen LogP contribution in [-0.4, -0.2) is 16.1 Å². The van der Waals surface area contributed by atoms with Gasteiger partial charge < -0.3 is 5.32 Å². The van der Waals surface area contributed by atoms with Crippen LogP contribution in [0.2, 0.25) is 0 Å². The first-order valence-electron chi connectivity index (χ1n) is 6.72. The van der Waals surface area contributed by atoms with E-state index in [0.717, 1.165) is 4.90 Å². The van der Waals surface area contributed by atoms with Crippen molar-refractivity contribution in [1.29, 1.82) is 5.26 Å². The minimum absolute atomic E-state index is 0.0137. The van der Waals surface area contributed by atoms with Crippen molar-refractivity contribution < 1.29 is 9.72 Å². The Balaban J connectivity index is 1.99. The number of benzene rings is 2. The number of non-ortho nitro benzene ring substituents is 1. The van der Waals surface area contributed by atoms with Gasteiger partial charge in [0.1, 0.15) is 0 Å². The molecule has 0 aliphatic heterocycles. The summed E-state index contributed by atoms with van der Waals surface area (Å²) in [7, 11) is 0. The van der Waals surface area contributed by atoms with Crippen LogP contribution in [0.3, 0.4) is 0 Å². The molecule has 0 radical (unpaired) electrons. The molecule has 0 saturated heterocycles. The first-order chi connectivity index (χ1) is 11.0. The Morgan fingerprint density at radius 1 is 1.30 bits per heavy atom. The third kappa shape index (κ3) is 4.56. The SMILES string of the molecule is CC(Sc1ccc([N+](=O)[O-])cc1)C(=O)Nc1cccc(C#N)c1. The Hall–Kier alpha value is -2.85. The van der Waals surface area contributed by atoms with Crippen LogP contribution in [0.4, 0.5) is 11.4 Å². The van der Waals surface area contributed by atoms with Gasteiger partial charge in [-0.15, -0.1) is 11.8 Å². The Kier molecular flexibility index (Phi) is 5.33. The summed E-state index contributed by atoms with van der Waals surface area (Å²) in [6, 6.07) is 14.7. The lowest BCUT2D eigenvalue weighted by Crippen LogP contribution is -2.22. The van der Waals surface area contributed by atoms with E-state index >= 15 is 0 Å². The van der Waals surface area contributed by atoms with E-state index in [9.17, 15) is 14.9 Å². The smallest absolute Gasteiger partial charge is 0.269 e. The number of nitro benzene ring substituents is 1. The van der Waals surface area contributed by atoms with E-state index in [2.05, 4.69) is 5.32 Å². The van der Waals surface area contributed by atoms with Gasteiger partial charge in [0.2, 0.25) is 5.91 Å². The number of rotatable bonds is 5. The third-order valence-electron chi connectivity index (χ3n) is 2.99. The summed E-state index contributed by atoms with van der Waals surface area (Å²) in [5.74, 6) is -0.205. The predicted molar refractivity (Wildman–Crippen MR) is 88.2 cm³/mol. The molecule has 1 atom stereocenters. The molecule has 0 bridgehead atoms. The Labute approximate surface area is 137 Å². The van der Waals surface area contributed by atoms with E-state index in [1.807, 2.05) is 6.07 Å². The molecule has 0 heterocycles. The van der Waals surface area contributed by atoms with Gasteiger partial charge in [-0.25, -0.2) is 0 Å². The summed E-state index contributed by atoms with van der Waals surface area (Å²) in [4.78, 5) is 23.1. The topological polar surface area (TPSA) is 96.0 Å². The number of nitriles is 1. The molecular weight excluding hydrogens is 314 g/mol. The fraction of sp³-hybridized carbons (Fsp3) is 0.125. The molecule has 7 heteroatoms. The average molecular weight is 327 g/mol. The minimum Gasteiger partial charge on any atom is -0.325 e. The number of nitro groups is 1. The molecule has 2 rings (SSSR count). The summed E-state index contributed by atoms with van der Waals surface area (Å²) in [6.45, 7) is 1.75. The van der Waals surface area contributed by atoms with Crippen molar-refractivity contribution in [3.63, 3.8) is 0 Å². The number of amides is 1. The van der Waals surface area contributed by atoms with Crippen molar-refractivity contribution in [1.82, 2.24) is 0 Å². The van der Waals surface area contributed by atoms with Crippen LogP contribution < -0.4 is 5.32 Å². The van der Waals surface area contributed by atoms with E-state index in [4.69, 9.17) is 5.26 Å². The number of hydrogen-bond donors (Lipinski definition) is 1. The summed E-state index contributed by atoms with van der Waals surface area (Å²) in [5.41, 5.74) is 1.04. The molecule has 2 aromatic rings. The van der Waals surface area contributed by atoms with Crippen LogP contribution in [0.1, 0.15) is 12.5 Å². The minimum atomic E-state index is -0.466. The maximum absolute atomic E-state index is 12.2. The second kappa shape index (κ2) is 7.42. The van der Waals surface area contributed by atoms with E-state index in [1.54, 1.807) is 43.3 Å². The Bertz CT molecular complexity index is 769. The molecule has 0 spiro atoms. The number of thioether (sulfide) groups is 1. The molecule has 2 aromatic carbocycles. The normalized spacial score (nSPS) is 11.3. The number of hydrogen-bond acceptors (Lipinski definition) is 5. The molecule has 0 saturated carbocycles. The highest BCUT2D eigenvalue weighted by Gasteiger charge is 2.15. The summed E-state index contributed by atoms with van der Waals surface area (Å²) in [6.07, 6.45) is 0. The molecule has 0 aliphatic carbocycles. The second-order valence-electron chi connectivity index (χ2n) is 4.69. The zero-order valence-electron chi connectivity index (χ0n) is 12.2. The van der Waals surface area contributed by atoms with Gasteiger partial charge in [-0.1, -0.05) is 6.07 Å². The molecule has 1 unspecified atom stereocenters. The lowest BCUT2D eigenvalue weighted by molar-refractivity contribution is -0.384. The first-order valence-corrected chi connectivity index (χ1v) is 7.59. The fourth-order valence-electron chi connectivity index (χ4n) is 1.81. The zero-order valence-corrected chi connectivity index (χ0v) is 13.0. The predicted octanol–water partition coefficient (Wildman–Crippen LogP) is 3.59. The van der Waals surface area contributed by atoms with Gasteiger partial charge in [0, 0.05) is 22.7 Å². The molecule has 0 aliphatic rings. The van der Waals surface area contributed by atoms with Crippen molar-refractivity contribution in [2.75, 3.05) is 5.32 Å². The lowest BCUT2D eigenvalue weighted by Gasteiger charge is -2.12. The van der Waals surface area contributed by atoms with Crippen molar-refractivity contribution in [3.05, 3.63) is 64.2 Å². The summed E-state index contributed by atoms with van der Waals surface area (Å²) in [5, 5.41) is 21.8. The molecule has 116 valence electrons. The van der Waals surface area contributed by atoms with E-state index < -0.39 is 4.92 Å². The highest BCUT2D eigenvalue weighted by molar-refractivity contribution is 8.00. The Morgan fingerprint density at radius 2 is 2.00 bits per heavy atom. The van der Waals surface area contributed by atoms with Gasteiger partial charge in [0.15, 0.2) is 0 Å². The first kappa shape index (κ1) is 16.5. The quantitative estimate of drug-likeness (QED) is 0.514. The lowest BCUT2D eigenvalue weighted by atomic mass is 10.2. The van der Waals surface area contributed by atoms with Gasteiger partial charge in [-0.2, -0.15) is 5.26 Å². The molecular formula is C16H13N3O3S. The maximum Gasteiger partial charge on any atom is 0.269 e. The van der Waals surface area contributed by atoms with Gasteiger partial charge >= 0.3 is 0 Å². The molecule has 0 aromatic heterocycles. The van der Waals surface area contributed by atoms with Gasteiger partial charge in [0.25, 0.3) is 5.69 Å². The molecule has 1 amide bonds. The largest absolute Gasteiger partial charge is 0.325 e. The van der Waals surface area contributed by atoms with Gasteiger partial charge in [-0.3, -0.25) is 14.9 Å². The van der Waals surface area contributed by atoms with Crippen LogP contribution in [0.25, 0.3) is 0 Å². The number of nitrogens with one attached hydrogen (secondary N) is 1. The number of nitrogens with zero attached hydrogens (tertiary/aromatic N) is 2. The molecule has 1 N–H and O–H groups in total. The summed E-state index contributed by atoms with van der Waals surface area (Å²) >= 11 is 1.30. The average Bonchev–Trinajstić information content (AvgIpc) is 2.55. The Morgan fingerprint density at radius 3 is 2.61 bits per heavy atom.